The minimum Gasteiger partial charge on any atom is -0.497 e. The van der Waals surface area contributed by atoms with Gasteiger partial charge in [0.2, 0.25) is 0 Å². The summed E-state index contributed by atoms with van der Waals surface area (Å²) in [5.74, 6) is 2.10. The van der Waals surface area contributed by atoms with Crippen molar-refractivity contribution in [3.05, 3.63) is 59.7 Å². The van der Waals surface area contributed by atoms with Gasteiger partial charge in [-0.05, 0) is 23.6 Å². The first-order valence-electron chi connectivity index (χ1n) is 8.19. The van der Waals surface area contributed by atoms with Crippen LogP contribution in [0.2, 0.25) is 0 Å². The number of likely N-dealkylation sites (tertiary alicyclic amines) is 1. The fourth-order valence-electron chi connectivity index (χ4n) is 3.38. The highest BCUT2D eigenvalue weighted by atomic mass is 16.5. The Morgan fingerprint density at radius 2 is 1.62 bits per heavy atom. The van der Waals surface area contributed by atoms with Crippen molar-refractivity contribution in [2.24, 2.45) is 5.92 Å². The Kier molecular flexibility index (Phi) is 4.74. The molecule has 24 heavy (non-hydrogen) atoms. The smallest absolute Gasteiger partial charge is 0.254 e. The van der Waals surface area contributed by atoms with Gasteiger partial charge in [0, 0.05) is 30.6 Å². The van der Waals surface area contributed by atoms with E-state index in [0.717, 1.165) is 13.1 Å². The van der Waals surface area contributed by atoms with Crippen LogP contribution in [0.25, 0.3) is 0 Å². The lowest BCUT2D eigenvalue weighted by atomic mass is 9.90. The van der Waals surface area contributed by atoms with E-state index >= 15 is 0 Å². The molecule has 2 unspecified atom stereocenters. The maximum atomic E-state index is 12.9. The van der Waals surface area contributed by atoms with Gasteiger partial charge in [0.05, 0.1) is 14.2 Å². The molecule has 1 amide bonds. The number of carbonyl (C=O) groups excluding carboxylic acids is 1. The van der Waals surface area contributed by atoms with Crippen LogP contribution in [-0.4, -0.2) is 38.1 Å². The first kappa shape index (κ1) is 16.4. The van der Waals surface area contributed by atoms with Gasteiger partial charge in [-0.15, -0.1) is 0 Å². The molecular formula is C20H23NO3. The molecule has 0 saturated carbocycles. The van der Waals surface area contributed by atoms with Crippen LogP contribution in [0.5, 0.6) is 11.5 Å². The SMILES string of the molecule is COc1cc(OC)cc(C(=O)N2CC(C)C(c3ccccc3)C2)c1. The monoisotopic (exact) mass is 325 g/mol. The Morgan fingerprint density at radius 3 is 2.21 bits per heavy atom. The quantitative estimate of drug-likeness (QED) is 0.862. The third-order valence-corrected chi connectivity index (χ3v) is 4.73. The topological polar surface area (TPSA) is 38.8 Å². The lowest BCUT2D eigenvalue weighted by molar-refractivity contribution is 0.0786. The third kappa shape index (κ3) is 3.23. The van der Waals surface area contributed by atoms with Gasteiger partial charge in [-0.25, -0.2) is 0 Å². The van der Waals surface area contributed by atoms with Gasteiger partial charge in [-0.1, -0.05) is 37.3 Å². The second-order valence-corrected chi connectivity index (χ2v) is 6.31. The molecule has 0 aromatic heterocycles. The van der Waals surface area contributed by atoms with E-state index in [1.54, 1.807) is 32.4 Å². The van der Waals surface area contributed by atoms with E-state index in [0.29, 0.717) is 28.9 Å². The number of amides is 1. The van der Waals surface area contributed by atoms with Crippen molar-refractivity contribution in [3.63, 3.8) is 0 Å². The first-order chi connectivity index (χ1) is 11.6. The van der Waals surface area contributed by atoms with Crippen LogP contribution in [0, 0.1) is 5.92 Å². The van der Waals surface area contributed by atoms with E-state index in [4.69, 9.17) is 9.47 Å². The number of ether oxygens (including phenoxy) is 2. The number of benzene rings is 2. The highest BCUT2D eigenvalue weighted by molar-refractivity contribution is 5.95. The van der Waals surface area contributed by atoms with Gasteiger partial charge >= 0.3 is 0 Å². The summed E-state index contributed by atoms with van der Waals surface area (Å²) < 4.78 is 10.5. The predicted octanol–water partition coefficient (Wildman–Crippen LogP) is 3.58. The summed E-state index contributed by atoms with van der Waals surface area (Å²) in [6.07, 6.45) is 0. The van der Waals surface area contributed by atoms with Crippen molar-refractivity contribution < 1.29 is 14.3 Å². The lowest BCUT2D eigenvalue weighted by Crippen LogP contribution is -2.28. The largest absolute Gasteiger partial charge is 0.497 e. The van der Waals surface area contributed by atoms with E-state index in [-0.39, 0.29) is 5.91 Å². The summed E-state index contributed by atoms with van der Waals surface area (Å²) in [5.41, 5.74) is 1.90. The summed E-state index contributed by atoms with van der Waals surface area (Å²) >= 11 is 0. The van der Waals surface area contributed by atoms with Crippen LogP contribution in [-0.2, 0) is 0 Å². The minimum absolute atomic E-state index is 0.0254. The zero-order valence-corrected chi connectivity index (χ0v) is 14.4. The molecule has 1 aliphatic rings. The summed E-state index contributed by atoms with van der Waals surface area (Å²) in [5, 5.41) is 0. The van der Waals surface area contributed by atoms with Crippen molar-refractivity contribution in [2.45, 2.75) is 12.8 Å². The second-order valence-electron chi connectivity index (χ2n) is 6.31. The number of carbonyl (C=O) groups is 1. The molecule has 0 radical (unpaired) electrons. The van der Waals surface area contributed by atoms with Gasteiger partial charge in [0.15, 0.2) is 0 Å². The van der Waals surface area contributed by atoms with E-state index in [1.165, 1.54) is 5.56 Å². The second kappa shape index (κ2) is 6.95. The Hall–Kier alpha value is -2.49. The van der Waals surface area contributed by atoms with E-state index < -0.39 is 0 Å². The summed E-state index contributed by atoms with van der Waals surface area (Å²) in [7, 11) is 3.18. The zero-order chi connectivity index (χ0) is 17.1. The molecule has 1 heterocycles. The maximum absolute atomic E-state index is 12.9. The van der Waals surface area contributed by atoms with Crippen LogP contribution in [0.4, 0.5) is 0 Å². The number of methoxy groups -OCH3 is 2. The van der Waals surface area contributed by atoms with Gasteiger partial charge in [0.25, 0.3) is 5.91 Å². The molecule has 1 aliphatic heterocycles. The molecule has 0 bridgehead atoms. The molecule has 2 aromatic carbocycles. The molecule has 0 aliphatic carbocycles. The molecular weight excluding hydrogens is 302 g/mol. The van der Waals surface area contributed by atoms with Crippen LogP contribution < -0.4 is 9.47 Å². The fraction of sp³-hybridized carbons (Fsp3) is 0.350. The Morgan fingerprint density at radius 1 is 1.00 bits per heavy atom. The average molecular weight is 325 g/mol. The van der Waals surface area contributed by atoms with Crippen molar-refractivity contribution in [2.75, 3.05) is 27.3 Å². The summed E-state index contributed by atoms with van der Waals surface area (Å²) in [6.45, 7) is 3.71. The van der Waals surface area contributed by atoms with Crippen molar-refractivity contribution in [1.82, 2.24) is 4.90 Å². The lowest BCUT2D eigenvalue weighted by Gasteiger charge is -2.18. The Bertz CT molecular complexity index is 692. The fourth-order valence-corrected chi connectivity index (χ4v) is 3.38. The highest BCUT2D eigenvalue weighted by Crippen LogP contribution is 2.33. The van der Waals surface area contributed by atoms with Crippen LogP contribution in [0.15, 0.2) is 48.5 Å². The van der Waals surface area contributed by atoms with E-state index in [9.17, 15) is 4.79 Å². The van der Waals surface area contributed by atoms with Crippen LogP contribution >= 0.6 is 0 Å². The first-order valence-corrected chi connectivity index (χ1v) is 8.19. The van der Waals surface area contributed by atoms with Gasteiger partial charge < -0.3 is 14.4 Å². The molecule has 126 valence electrons. The van der Waals surface area contributed by atoms with Crippen LogP contribution in [0.1, 0.15) is 28.8 Å². The molecule has 2 atom stereocenters. The van der Waals surface area contributed by atoms with E-state index in [1.807, 2.05) is 11.0 Å². The average Bonchev–Trinajstić information content (AvgIpc) is 3.03. The molecule has 1 saturated heterocycles. The number of hydrogen-bond donors (Lipinski definition) is 0. The molecule has 4 nitrogen and oxygen atoms in total. The summed E-state index contributed by atoms with van der Waals surface area (Å²) in [4.78, 5) is 14.8. The Labute approximate surface area is 143 Å². The molecule has 0 N–H and O–H groups in total. The van der Waals surface area contributed by atoms with Crippen LogP contribution in [0.3, 0.4) is 0 Å². The summed E-state index contributed by atoms with van der Waals surface area (Å²) in [6, 6.07) is 15.7. The number of rotatable bonds is 4. The molecule has 4 heteroatoms. The van der Waals surface area contributed by atoms with Gasteiger partial charge in [0.1, 0.15) is 11.5 Å². The van der Waals surface area contributed by atoms with Gasteiger partial charge in [-0.2, -0.15) is 0 Å². The van der Waals surface area contributed by atoms with Crippen molar-refractivity contribution >= 4 is 5.91 Å². The predicted molar refractivity (Wildman–Crippen MR) is 93.8 cm³/mol. The molecule has 3 rings (SSSR count). The standard InChI is InChI=1S/C20H23NO3/c1-14-12-21(13-19(14)15-7-5-4-6-8-15)20(22)16-9-17(23-2)11-18(10-16)24-3/h4-11,14,19H,12-13H2,1-3H3. The van der Waals surface area contributed by atoms with Crippen molar-refractivity contribution in [1.29, 1.82) is 0 Å². The van der Waals surface area contributed by atoms with Crippen molar-refractivity contribution in [3.8, 4) is 11.5 Å². The zero-order valence-electron chi connectivity index (χ0n) is 14.4. The molecule has 1 fully saturated rings. The normalized spacial score (nSPS) is 20.0. The van der Waals surface area contributed by atoms with Gasteiger partial charge in [-0.3, -0.25) is 4.79 Å². The molecule has 0 spiro atoms. The Balaban J connectivity index is 1.81. The minimum atomic E-state index is 0.0254. The number of nitrogens with zero attached hydrogens (tertiary/aromatic N) is 1. The third-order valence-electron chi connectivity index (χ3n) is 4.73. The highest BCUT2D eigenvalue weighted by Gasteiger charge is 2.33. The maximum Gasteiger partial charge on any atom is 0.254 e. The van der Waals surface area contributed by atoms with E-state index in [2.05, 4.69) is 31.2 Å². The number of hydrogen-bond acceptors (Lipinski definition) is 3. The molecule has 2 aromatic rings.